The Hall–Kier alpha value is -0.570. The first kappa shape index (κ1) is 17.5. The monoisotopic (exact) mass is 329 g/mol. The van der Waals surface area contributed by atoms with Crippen LogP contribution in [0.25, 0.3) is 0 Å². The van der Waals surface area contributed by atoms with Gasteiger partial charge in [-0.2, -0.15) is 0 Å². The van der Waals surface area contributed by atoms with Gasteiger partial charge in [-0.05, 0) is 6.92 Å². The van der Waals surface area contributed by atoms with Crippen LogP contribution in [0.2, 0.25) is 0 Å². The van der Waals surface area contributed by atoms with Gasteiger partial charge in [0.05, 0.1) is 25.6 Å². The van der Waals surface area contributed by atoms with E-state index >= 15 is 0 Å². The number of aromatic nitrogens is 2. The van der Waals surface area contributed by atoms with Crippen molar-refractivity contribution in [3.8, 4) is 0 Å². The van der Waals surface area contributed by atoms with Crippen molar-refractivity contribution < 1.29 is 33.4 Å². The van der Waals surface area contributed by atoms with E-state index in [9.17, 15) is 9.13 Å². The molecule has 0 aromatic carbocycles. The van der Waals surface area contributed by atoms with Crippen molar-refractivity contribution in [1.82, 2.24) is 9.55 Å². The van der Waals surface area contributed by atoms with E-state index in [1.54, 1.807) is 17.7 Å². The van der Waals surface area contributed by atoms with Gasteiger partial charge in [0.2, 0.25) is 5.02 Å². The molecule has 10 nitrogen and oxygen atoms in total. The Balaban J connectivity index is 2.70. The van der Waals surface area contributed by atoms with Crippen LogP contribution < -0.4 is 5.73 Å². The standard InChI is InChI=1S/C8H17N3O7P2/c1-7(11-3-2-10-6-11)4-18-5-8(9,19(12,13)14)20(15,16)17/h2-3,6-7H,4-5,9H2,1H3,(H2,12,13,14)(H2,15,16,17). The Morgan fingerprint density at radius 2 is 1.90 bits per heavy atom. The van der Waals surface area contributed by atoms with Gasteiger partial charge in [0.25, 0.3) is 0 Å². The van der Waals surface area contributed by atoms with Gasteiger partial charge in [-0.25, -0.2) is 4.98 Å². The van der Waals surface area contributed by atoms with Crippen LogP contribution >= 0.6 is 15.2 Å². The maximum atomic E-state index is 11.2. The average molecular weight is 329 g/mol. The van der Waals surface area contributed by atoms with Gasteiger partial charge in [-0.15, -0.1) is 0 Å². The highest BCUT2D eigenvalue weighted by molar-refractivity contribution is 7.72. The van der Waals surface area contributed by atoms with Crippen molar-refractivity contribution in [3.05, 3.63) is 18.7 Å². The lowest BCUT2D eigenvalue weighted by Crippen LogP contribution is -2.44. The molecule has 1 rings (SSSR count). The second kappa shape index (κ2) is 6.05. The number of imidazole rings is 1. The number of hydrogen-bond acceptors (Lipinski definition) is 5. The van der Waals surface area contributed by atoms with Crippen LogP contribution in [0.4, 0.5) is 0 Å². The average Bonchev–Trinajstić information content (AvgIpc) is 2.78. The molecule has 0 amide bonds. The van der Waals surface area contributed by atoms with E-state index in [2.05, 4.69) is 4.98 Å². The minimum Gasteiger partial charge on any atom is -0.376 e. The van der Waals surface area contributed by atoms with Gasteiger partial charge >= 0.3 is 15.2 Å². The maximum absolute atomic E-state index is 11.2. The third-order valence-corrected chi connectivity index (χ3v) is 6.56. The Bertz CT molecular complexity index is 500. The highest BCUT2D eigenvalue weighted by Gasteiger charge is 2.57. The summed E-state index contributed by atoms with van der Waals surface area (Å²) in [5.41, 5.74) is 5.19. The molecule has 20 heavy (non-hydrogen) atoms. The molecular formula is C8H17N3O7P2. The zero-order valence-electron chi connectivity index (χ0n) is 10.6. The van der Waals surface area contributed by atoms with E-state index in [-0.39, 0.29) is 12.6 Å². The van der Waals surface area contributed by atoms with Gasteiger partial charge in [0, 0.05) is 12.4 Å². The first-order valence-corrected chi connectivity index (χ1v) is 8.67. The maximum Gasteiger partial charge on any atom is 0.360 e. The summed E-state index contributed by atoms with van der Waals surface area (Å²) < 4.78 is 29.0. The summed E-state index contributed by atoms with van der Waals surface area (Å²) in [5, 5.41) is -3.05. The van der Waals surface area contributed by atoms with Gasteiger partial charge in [-0.3, -0.25) is 9.13 Å². The van der Waals surface area contributed by atoms with Crippen LogP contribution in [0, 0.1) is 0 Å². The first-order valence-electron chi connectivity index (χ1n) is 5.44. The molecule has 0 aliphatic rings. The van der Waals surface area contributed by atoms with Gasteiger partial charge in [0.1, 0.15) is 0 Å². The van der Waals surface area contributed by atoms with Crippen molar-refractivity contribution in [2.24, 2.45) is 5.73 Å². The molecule has 1 aromatic rings. The largest absolute Gasteiger partial charge is 0.376 e. The summed E-state index contributed by atoms with van der Waals surface area (Å²) in [6.07, 6.45) is 4.69. The summed E-state index contributed by atoms with van der Waals surface area (Å²) in [4.78, 5) is 39.9. The van der Waals surface area contributed by atoms with E-state index < -0.39 is 26.8 Å². The van der Waals surface area contributed by atoms with E-state index in [0.29, 0.717) is 0 Å². The minimum absolute atomic E-state index is 0.0463. The van der Waals surface area contributed by atoms with Crippen molar-refractivity contribution in [2.75, 3.05) is 13.2 Å². The highest BCUT2D eigenvalue weighted by atomic mass is 31.2. The molecule has 0 saturated heterocycles. The predicted octanol–water partition coefficient (Wildman–Crippen LogP) is -0.571. The molecule has 1 unspecified atom stereocenters. The Morgan fingerprint density at radius 1 is 1.35 bits per heavy atom. The fourth-order valence-corrected chi connectivity index (χ4v) is 3.21. The third-order valence-electron chi connectivity index (χ3n) is 2.72. The smallest absolute Gasteiger partial charge is 0.360 e. The van der Waals surface area contributed by atoms with Crippen LogP contribution in [0.3, 0.4) is 0 Å². The highest BCUT2D eigenvalue weighted by Crippen LogP contribution is 2.65. The molecule has 1 heterocycles. The Morgan fingerprint density at radius 3 is 2.30 bits per heavy atom. The Kier molecular flexibility index (Phi) is 5.29. The van der Waals surface area contributed by atoms with Crippen molar-refractivity contribution in [2.45, 2.75) is 18.0 Å². The summed E-state index contributed by atoms with van der Waals surface area (Å²) >= 11 is 0. The lowest BCUT2D eigenvalue weighted by atomic mass is 10.3. The quantitative estimate of drug-likeness (QED) is 0.411. The van der Waals surface area contributed by atoms with Crippen LogP contribution in [-0.4, -0.2) is 47.4 Å². The van der Waals surface area contributed by atoms with Crippen molar-refractivity contribution in [1.29, 1.82) is 0 Å². The molecule has 0 fully saturated rings. The fraction of sp³-hybridized carbons (Fsp3) is 0.625. The molecule has 116 valence electrons. The van der Waals surface area contributed by atoms with Crippen LogP contribution in [0.15, 0.2) is 18.7 Å². The van der Waals surface area contributed by atoms with Crippen molar-refractivity contribution in [3.63, 3.8) is 0 Å². The molecule has 0 bridgehead atoms. The molecule has 6 N–H and O–H groups in total. The number of nitrogens with zero attached hydrogens (tertiary/aromatic N) is 2. The molecule has 12 heteroatoms. The third kappa shape index (κ3) is 3.75. The summed E-state index contributed by atoms with van der Waals surface area (Å²) in [7, 11) is -10.5. The molecular weight excluding hydrogens is 312 g/mol. The van der Waals surface area contributed by atoms with E-state index in [4.69, 9.17) is 30.0 Å². The first-order chi connectivity index (χ1) is 8.99. The minimum atomic E-state index is -5.26. The lowest BCUT2D eigenvalue weighted by Gasteiger charge is -2.30. The number of rotatable bonds is 7. The Labute approximate surface area is 114 Å². The van der Waals surface area contributed by atoms with E-state index in [0.717, 1.165) is 0 Å². The molecule has 1 aromatic heterocycles. The molecule has 0 spiro atoms. The lowest BCUT2D eigenvalue weighted by molar-refractivity contribution is 0.0901. The predicted molar refractivity (Wildman–Crippen MR) is 68.8 cm³/mol. The van der Waals surface area contributed by atoms with Gasteiger partial charge < -0.3 is 34.6 Å². The molecule has 0 aliphatic carbocycles. The van der Waals surface area contributed by atoms with Crippen LogP contribution in [0.1, 0.15) is 13.0 Å². The molecule has 0 radical (unpaired) electrons. The second-order valence-corrected chi connectivity index (χ2v) is 8.47. The zero-order valence-corrected chi connectivity index (χ0v) is 12.4. The zero-order chi connectivity index (χ0) is 15.6. The van der Waals surface area contributed by atoms with E-state index in [1.807, 2.05) is 0 Å². The number of nitrogens with two attached hydrogens (primary N) is 1. The van der Waals surface area contributed by atoms with Gasteiger partial charge in [-0.1, -0.05) is 0 Å². The van der Waals surface area contributed by atoms with E-state index in [1.165, 1.54) is 12.5 Å². The van der Waals surface area contributed by atoms with Crippen LogP contribution in [0.5, 0.6) is 0 Å². The SMILES string of the molecule is CC(COCC(N)(P(=O)(O)O)P(=O)(O)O)n1ccnc1. The fourth-order valence-electron chi connectivity index (χ4n) is 1.33. The van der Waals surface area contributed by atoms with Crippen LogP contribution in [-0.2, 0) is 13.9 Å². The summed E-state index contributed by atoms with van der Waals surface area (Å²) in [6.45, 7) is 0.713. The second-order valence-electron chi connectivity index (χ2n) is 4.34. The van der Waals surface area contributed by atoms with Crippen molar-refractivity contribution >= 4 is 15.2 Å². The molecule has 0 saturated carbocycles. The molecule has 1 atom stereocenters. The number of hydrogen-bond donors (Lipinski definition) is 5. The summed E-state index contributed by atoms with van der Waals surface area (Å²) in [6, 6.07) is -0.240. The van der Waals surface area contributed by atoms with Gasteiger partial charge in [0.15, 0.2) is 0 Å². The molecule has 0 aliphatic heterocycles. The summed E-state index contributed by atoms with van der Waals surface area (Å²) in [5.74, 6) is 0. The number of ether oxygens (including phenoxy) is 1. The topological polar surface area (TPSA) is 168 Å². The normalized spacial score (nSPS) is 15.3.